The van der Waals surface area contributed by atoms with Crippen molar-refractivity contribution in [2.75, 3.05) is 26.8 Å². The van der Waals surface area contributed by atoms with Gasteiger partial charge in [0.1, 0.15) is 17.9 Å². The van der Waals surface area contributed by atoms with Gasteiger partial charge in [0.15, 0.2) is 0 Å². The number of carbonyl (C=O) groups is 1. The number of benzene rings is 1. The van der Waals surface area contributed by atoms with Crippen molar-refractivity contribution in [1.29, 1.82) is 0 Å². The molecule has 0 aliphatic rings. The Balaban J connectivity index is 2.19. The number of hydrogen-bond donors (Lipinski definition) is 0. The van der Waals surface area contributed by atoms with E-state index < -0.39 is 24.5 Å². The van der Waals surface area contributed by atoms with E-state index in [0.29, 0.717) is 11.3 Å². The van der Waals surface area contributed by atoms with E-state index in [4.69, 9.17) is 9.15 Å². The molecule has 126 valence electrons. The summed E-state index contributed by atoms with van der Waals surface area (Å²) in [6, 6.07) is 8.85. The smallest absolute Gasteiger partial charge is 0.406 e. The highest BCUT2D eigenvalue weighted by atomic mass is 19.4. The van der Waals surface area contributed by atoms with Crippen LogP contribution >= 0.6 is 0 Å². The lowest BCUT2D eigenvalue weighted by molar-refractivity contribution is -0.163. The predicted molar refractivity (Wildman–Crippen MR) is 79.1 cm³/mol. The lowest BCUT2D eigenvalue weighted by Crippen LogP contribution is -2.42. The van der Waals surface area contributed by atoms with E-state index in [0.717, 1.165) is 10.3 Å². The van der Waals surface area contributed by atoms with Crippen LogP contribution in [0, 0.1) is 0 Å². The molecule has 1 amide bonds. The van der Waals surface area contributed by atoms with Gasteiger partial charge in [-0.3, -0.25) is 4.79 Å². The van der Waals surface area contributed by atoms with Gasteiger partial charge in [-0.2, -0.15) is 13.2 Å². The Hall–Kier alpha value is -2.02. The minimum atomic E-state index is -4.46. The molecule has 23 heavy (non-hydrogen) atoms. The molecule has 0 spiro atoms. The third-order valence-corrected chi connectivity index (χ3v) is 3.49. The molecule has 0 bridgehead atoms. The SMILES string of the molecule is COCCN(CC(F)(F)F)C(=O)C(C)c1cc2ccccc2o1. The summed E-state index contributed by atoms with van der Waals surface area (Å²) in [5.41, 5.74) is 0.599. The van der Waals surface area contributed by atoms with Crippen LogP contribution in [0.4, 0.5) is 13.2 Å². The van der Waals surface area contributed by atoms with Gasteiger partial charge in [0.25, 0.3) is 0 Å². The van der Waals surface area contributed by atoms with Gasteiger partial charge in [-0.15, -0.1) is 0 Å². The number of nitrogens with zero attached hydrogens (tertiary/aromatic N) is 1. The van der Waals surface area contributed by atoms with Crippen LogP contribution in [0.25, 0.3) is 11.0 Å². The van der Waals surface area contributed by atoms with Crippen LogP contribution < -0.4 is 0 Å². The molecule has 0 saturated heterocycles. The molecular formula is C16H18F3NO3. The number of halogens is 3. The fourth-order valence-corrected chi connectivity index (χ4v) is 2.30. The molecule has 0 N–H and O–H groups in total. The van der Waals surface area contributed by atoms with Crippen LogP contribution in [0.5, 0.6) is 0 Å². The second kappa shape index (κ2) is 7.04. The van der Waals surface area contributed by atoms with E-state index >= 15 is 0 Å². The molecule has 0 aliphatic heterocycles. The van der Waals surface area contributed by atoms with Crippen molar-refractivity contribution in [1.82, 2.24) is 4.90 Å². The lowest BCUT2D eigenvalue weighted by Gasteiger charge is -2.25. The van der Waals surface area contributed by atoms with Crippen LogP contribution in [0.15, 0.2) is 34.7 Å². The number of fused-ring (bicyclic) bond motifs is 1. The molecule has 0 aliphatic carbocycles. The number of alkyl halides is 3. The molecule has 1 unspecified atom stereocenters. The van der Waals surface area contributed by atoms with Gasteiger partial charge in [0, 0.05) is 19.0 Å². The predicted octanol–water partition coefficient (Wildman–Crippen LogP) is 3.57. The zero-order chi connectivity index (χ0) is 17.0. The van der Waals surface area contributed by atoms with Crippen LogP contribution in [0.1, 0.15) is 18.6 Å². The van der Waals surface area contributed by atoms with Crippen molar-refractivity contribution in [3.8, 4) is 0 Å². The summed E-state index contributed by atoms with van der Waals surface area (Å²) in [5.74, 6) is -1.10. The van der Waals surface area contributed by atoms with Crippen molar-refractivity contribution in [3.05, 3.63) is 36.1 Å². The van der Waals surface area contributed by atoms with E-state index in [2.05, 4.69) is 0 Å². The summed E-state index contributed by atoms with van der Waals surface area (Å²) in [6.07, 6.45) is -4.46. The molecule has 0 fully saturated rings. The van der Waals surface area contributed by atoms with Crippen molar-refractivity contribution < 1.29 is 27.1 Å². The molecular weight excluding hydrogens is 311 g/mol. The second-order valence-corrected chi connectivity index (χ2v) is 5.28. The number of amides is 1. The monoisotopic (exact) mass is 329 g/mol. The number of methoxy groups -OCH3 is 1. The molecule has 1 aromatic heterocycles. The first-order valence-electron chi connectivity index (χ1n) is 7.15. The molecule has 4 nitrogen and oxygen atoms in total. The Morgan fingerprint density at radius 3 is 2.65 bits per heavy atom. The van der Waals surface area contributed by atoms with Gasteiger partial charge >= 0.3 is 6.18 Å². The van der Waals surface area contributed by atoms with E-state index in [-0.39, 0.29) is 13.2 Å². The third kappa shape index (κ3) is 4.48. The number of rotatable bonds is 6. The average Bonchev–Trinajstić information content (AvgIpc) is 2.92. The lowest BCUT2D eigenvalue weighted by atomic mass is 10.1. The van der Waals surface area contributed by atoms with Crippen LogP contribution in [-0.2, 0) is 9.53 Å². The highest BCUT2D eigenvalue weighted by molar-refractivity contribution is 5.85. The highest BCUT2D eigenvalue weighted by Gasteiger charge is 2.35. The summed E-state index contributed by atoms with van der Waals surface area (Å²) in [4.78, 5) is 13.2. The summed E-state index contributed by atoms with van der Waals surface area (Å²) >= 11 is 0. The van der Waals surface area contributed by atoms with E-state index in [1.165, 1.54) is 14.0 Å². The maximum atomic E-state index is 12.7. The average molecular weight is 329 g/mol. The summed E-state index contributed by atoms with van der Waals surface area (Å²) in [7, 11) is 1.37. The maximum absolute atomic E-state index is 12.7. The van der Waals surface area contributed by atoms with Gasteiger partial charge in [-0.25, -0.2) is 0 Å². The fraction of sp³-hybridized carbons (Fsp3) is 0.438. The first-order chi connectivity index (χ1) is 10.8. The van der Waals surface area contributed by atoms with Gasteiger partial charge in [0.05, 0.1) is 12.5 Å². The normalized spacial score (nSPS) is 13.3. The zero-order valence-electron chi connectivity index (χ0n) is 12.9. The number of carbonyl (C=O) groups excluding carboxylic acids is 1. The largest absolute Gasteiger partial charge is 0.460 e. The fourth-order valence-electron chi connectivity index (χ4n) is 2.30. The molecule has 1 aromatic carbocycles. The van der Waals surface area contributed by atoms with Crippen LogP contribution in [0.3, 0.4) is 0 Å². The van der Waals surface area contributed by atoms with E-state index in [1.807, 2.05) is 12.1 Å². The third-order valence-electron chi connectivity index (χ3n) is 3.49. The Kier molecular flexibility index (Phi) is 5.30. The Morgan fingerprint density at radius 2 is 2.04 bits per heavy atom. The zero-order valence-corrected chi connectivity index (χ0v) is 12.9. The number of para-hydroxylation sites is 1. The highest BCUT2D eigenvalue weighted by Crippen LogP contribution is 2.27. The van der Waals surface area contributed by atoms with Gasteiger partial charge in [-0.05, 0) is 19.1 Å². The quantitative estimate of drug-likeness (QED) is 0.814. The van der Waals surface area contributed by atoms with Crippen LogP contribution in [0.2, 0.25) is 0 Å². The van der Waals surface area contributed by atoms with Gasteiger partial charge in [0.2, 0.25) is 5.91 Å². The Morgan fingerprint density at radius 1 is 1.35 bits per heavy atom. The van der Waals surface area contributed by atoms with Crippen molar-refractivity contribution in [3.63, 3.8) is 0 Å². The molecule has 2 rings (SSSR count). The minimum Gasteiger partial charge on any atom is -0.460 e. The topological polar surface area (TPSA) is 42.7 Å². The first kappa shape index (κ1) is 17.3. The second-order valence-electron chi connectivity index (χ2n) is 5.28. The Labute approximate surface area is 131 Å². The van der Waals surface area contributed by atoms with Crippen molar-refractivity contribution in [2.24, 2.45) is 0 Å². The maximum Gasteiger partial charge on any atom is 0.406 e. The molecule has 0 radical (unpaired) electrons. The van der Waals surface area contributed by atoms with E-state index in [9.17, 15) is 18.0 Å². The van der Waals surface area contributed by atoms with Crippen molar-refractivity contribution in [2.45, 2.75) is 19.0 Å². The number of ether oxygens (including phenoxy) is 1. The molecule has 2 aromatic rings. The number of hydrogen-bond acceptors (Lipinski definition) is 3. The molecule has 0 saturated carbocycles. The first-order valence-corrected chi connectivity index (χ1v) is 7.15. The minimum absolute atomic E-state index is 0.0364. The van der Waals surface area contributed by atoms with Crippen molar-refractivity contribution >= 4 is 16.9 Å². The number of furan rings is 1. The van der Waals surface area contributed by atoms with E-state index in [1.54, 1.807) is 18.2 Å². The summed E-state index contributed by atoms with van der Waals surface area (Å²) in [5, 5.41) is 0.807. The van der Waals surface area contributed by atoms with Gasteiger partial charge in [-0.1, -0.05) is 18.2 Å². The molecule has 1 atom stereocenters. The Bertz CT molecular complexity index is 633. The summed E-state index contributed by atoms with van der Waals surface area (Å²) in [6.45, 7) is 0.143. The molecule has 7 heteroatoms. The van der Waals surface area contributed by atoms with Crippen LogP contribution in [-0.4, -0.2) is 43.8 Å². The standard InChI is InChI=1S/C16H18F3NO3/c1-11(14-9-12-5-3-4-6-13(12)23-14)15(21)20(7-8-22-2)10-16(17,18)19/h3-6,9,11H,7-8,10H2,1-2H3. The van der Waals surface area contributed by atoms with Gasteiger partial charge < -0.3 is 14.1 Å². The summed E-state index contributed by atoms with van der Waals surface area (Å²) < 4.78 is 48.4. The molecule has 1 heterocycles.